The van der Waals surface area contributed by atoms with Crippen LogP contribution in [0.15, 0.2) is 139 Å². The molecule has 0 amide bonds. The monoisotopic (exact) mass is 616 g/mol. The normalized spacial score (nSPS) is 18.1. The molecule has 0 fully saturated rings. The van der Waals surface area contributed by atoms with Crippen LogP contribution < -0.4 is 40.1 Å². The molecule has 4 aromatic rings. The van der Waals surface area contributed by atoms with Gasteiger partial charge in [0.2, 0.25) is 15.0 Å². The van der Waals surface area contributed by atoms with Crippen LogP contribution in [0.3, 0.4) is 0 Å². The topological polar surface area (TPSA) is 190 Å². The molecule has 0 radical (unpaired) electrons. The molecule has 12 nitrogen and oxygen atoms in total. The number of nitrogens with zero attached hydrogens (tertiary/aromatic N) is 4. The van der Waals surface area contributed by atoms with Gasteiger partial charge in [0.15, 0.2) is 0 Å². The van der Waals surface area contributed by atoms with Gasteiger partial charge in [-0.1, -0.05) is 77.3 Å². The fraction of sp³-hybridized carbons (Fsp3) is 0. The molecule has 40 heavy (non-hydrogen) atoms. The maximum atomic E-state index is 6.42. The molecule has 1 aliphatic rings. The first-order valence-electron chi connectivity index (χ1n) is 11.8. The molecule has 16 heteroatoms. The van der Waals surface area contributed by atoms with Gasteiger partial charge in [-0.15, -0.1) is 9.03 Å². The van der Waals surface area contributed by atoms with Crippen LogP contribution in [-0.4, -0.2) is 0 Å². The summed E-state index contributed by atoms with van der Waals surface area (Å²) in [5, 5.41) is 0. The van der Waals surface area contributed by atoms with E-state index < -0.39 is 30.3 Å². The minimum Gasteiger partial charge on any atom is -0.413 e. The molecule has 0 saturated carbocycles. The number of hydrogen-bond acceptors (Lipinski definition) is 12. The third-order valence-electron chi connectivity index (χ3n) is 4.90. The Balaban J connectivity index is 1.84. The molecule has 0 aliphatic carbocycles. The predicted octanol–water partition coefficient (Wildman–Crippen LogP) is 7.94. The Bertz CT molecular complexity index is 1490. The third kappa shape index (κ3) is 7.52. The zero-order chi connectivity index (χ0) is 28.1. The molecule has 0 atom stereocenters. The average Bonchev–Trinajstić information content (AvgIpc) is 2.89. The minimum absolute atomic E-state index is 0.388. The van der Waals surface area contributed by atoms with E-state index in [1.54, 1.807) is 97.1 Å². The van der Waals surface area contributed by atoms with Crippen molar-refractivity contribution in [2.75, 3.05) is 0 Å². The maximum absolute atomic E-state index is 6.42. The molecule has 1 heterocycles. The Morgan fingerprint density at radius 3 is 0.950 bits per heavy atom. The van der Waals surface area contributed by atoms with E-state index in [9.17, 15) is 0 Å². The highest BCUT2D eigenvalue weighted by Crippen LogP contribution is 2.73. The van der Waals surface area contributed by atoms with Gasteiger partial charge in [0.05, 0.1) is 0 Å². The van der Waals surface area contributed by atoms with E-state index in [4.69, 9.17) is 44.6 Å². The van der Waals surface area contributed by atoms with E-state index in [0.29, 0.717) is 23.0 Å². The van der Waals surface area contributed by atoms with Crippen LogP contribution in [0, 0.1) is 0 Å². The summed E-state index contributed by atoms with van der Waals surface area (Å²) >= 11 is 0. The fourth-order valence-corrected chi connectivity index (χ4v) is 14.0. The van der Waals surface area contributed by atoms with Crippen molar-refractivity contribution in [2.45, 2.75) is 0 Å². The molecule has 0 unspecified atom stereocenters. The molecule has 0 bridgehead atoms. The molecule has 208 valence electrons. The van der Waals surface area contributed by atoms with Crippen molar-refractivity contribution in [3.8, 4) is 23.0 Å². The Morgan fingerprint density at radius 1 is 0.350 bits per heavy atom. The van der Waals surface area contributed by atoms with Gasteiger partial charge in [0, 0.05) is 0 Å². The average molecular weight is 616 g/mol. The molecule has 4 aromatic carbocycles. The summed E-state index contributed by atoms with van der Waals surface area (Å²) in [6, 6.07) is 35.5. The third-order valence-corrected chi connectivity index (χ3v) is 14.9. The van der Waals surface area contributed by atoms with Crippen molar-refractivity contribution in [3.63, 3.8) is 0 Å². The minimum atomic E-state index is -3.91. The van der Waals surface area contributed by atoms with Crippen LogP contribution in [-0.2, 0) is 0 Å². The smallest absolute Gasteiger partial charge is 0.413 e. The van der Waals surface area contributed by atoms with Crippen molar-refractivity contribution in [1.29, 1.82) is 0 Å². The second kappa shape index (κ2) is 11.8. The van der Waals surface area contributed by atoms with E-state index in [-0.39, 0.29) is 0 Å². The van der Waals surface area contributed by atoms with Gasteiger partial charge in [0.1, 0.15) is 23.0 Å². The second-order valence-electron chi connectivity index (χ2n) is 8.36. The Morgan fingerprint density at radius 2 is 0.625 bits per heavy atom. The summed E-state index contributed by atoms with van der Waals surface area (Å²) in [7, 11) is -15.0. The highest BCUT2D eigenvalue weighted by atomic mass is 31.3. The lowest BCUT2D eigenvalue weighted by Gasteiger charge is -2.30. The summed E-state index contributed by atoms with van der Waals surface area (Å²) in [5.41, 5.74) is 25.6. The van der Waals surface area contributed by atoms with Gasteiger partial charge in [0.25, 0.3) is 0 Å². The number of benzene rings is 4. The van der Waals surface area contributed by atoms with Gasteiger partial charge in [-0.05, 0) is 48.5 Å². The van der Waals surface area contributed by atoms with Gasteiger partial charge < -0.3 is 18.1 Å². The first-order chi connectivity index (χ1) is 19.1. The SMILES string of the molecule is NP1(N)=NP(N)(N)=NP(Oc2ccccc2)(Oc2ccccc2)=NP(Oc2ccccc2)(Oc2ccccc2)=N1. The van der Waals surface area contributed by atoms with Crippen LogP contribution in [0.4, 0.5) is 0 Å². The second-order valence-corrected chi connectivity index (χ2v) is 16.7. The van der Waals surface area contributed by atoms with E-state index >= 15 is 0 Å². The maximum Gasteiger partial charge on any atom is 0.457 e. The predicted molar refractivity (Wildman–Crippen MR) is 162 cm³/mol. The van der Waals surface area contributed by atoms with Crippen molar-refractivity contribution in [1.82, 2.24) is 0 Å². The van der Waals surface area contributed by atoms with Crippen molar-refractivity contribution < 1.29 is 18.1 Å². The first kappa shape index (κ1) is 28.4. The Labute approximate surface area is 232 Å². The van der Waals surface area contributed by atoms with Crippen molar-refractivity contribution >= 4 is 30.3 Å². The highest BCUT2D eigenvalue weighted by molar-refractivity contribution is 7.81. The summed E-state index contributed by atoms with van der Waals surface area (Å²) < 4.78 is 44.2. The lowest BCUT2D eigenvalue weighted by molar-refractivity contribution is 0.461. The lowest BCUT2D eigenvalue weighted by Crippen LogP contribution is -2.13. The van der Waals surface area contributed by atoms with E-state index in [2.05, 4.69) is 13.5 Å². The van der Waals surface area contributed by atoms with E-state index in [0.717, 1.165) is 0 Å². The summed E-state index contributed by atoms with van der Waals surface area (Å²) in [5.74, 6) is 1.55. The molecule has 1 aliphatic heterocycles. The molecule has 0 spiro atoms. The summed E-state index contributed by atoms with van der Waals surface area (Å²) in [4.78, 5) is 0. The number of nitrogens with two attached hydrogens (primary N) is 4. The first-order valence-corrected chi connectivity index (χ1v) is 18.5. The van der Waals surface area contributed by atoms with Gasteiger partial charge in [-0.25, -0.2) is 0 Å². The Kier molecular flexibility index (Phi) is 8.34. The van der Waals surface area contributed by atoms with Crippen LogP contribution in [0.25, 0.3) is 0 Å². The largest absolute Gasteiger partial charge is 0.457 e. The van der Waals surface area contributed by atoms with E-state index in [1.807, 2.05) is 24.3 Å². The fourth-order valence-electron chi connectivity index (χ4n) is 3.46. The Hall–Kier alpha value is -3.16. The highest BCUT2D eigenvalue weighted by Gasteiger charge is 2.41. The van der Waals surface area contributed by atoms with Crippen LogP contribution in [0.5, 0.6) is 23.0 Å². The van der Waals surface area contributed by atoms with E-state index in [1.165, 1.54) is 0 Å². The summed E-state index contributed by atoms with van der Waals surface area (Å²) in [6.07, 6.45) is 0. The number of hydrogen-bond donors (Lipinski definition) is 4. The molecule has 5 rings (SSSR count). The van der Waals surface area contributed by atoms with Gasteiger partial charge in [-0.3, -0.25) is 22.0 Å². The molecular weight excluding hydrogens is 588 g/mol. The quantitative estimate of drug-likeness (QED) is 0.143. The number of rotatable bonds is 8. The van der Waals surface area contributed by atoms with Gasteiger partial charge >= 0.3 is 15.3 Å². The van der Waals surface area contributed by atoms with Crippen LogP contribution in [0.2, 0.25) is 0 Å². The van der Waals surface area contributed by atoms with Crippen molar-refractivity contribution in [2.24, 2.45) is 40.1 Å². The zero-order valence-electron chi connectivity index (χ0n) is 21.1. The zero-order valence-corrected chi connectivity index (χ0v) is 24.6. The number of para-hydroxylation sites is 4. The molecular formula is C24H28N8O4P4. The molecule has 0 saturated heterocycles. The van der Waals surface area contributed by atoms with Crippen LogP contribution in [0.1, 0.15) is 0 Å². The van der Waals surface area contributed by atoms with Crippen LogP contribution >= 0.6 is 30.3 Å². The standard InChI is InChI=1S/C24H28N8O4P4/c25-37(26)29-38(27,28)31-40(35-23-17-9-3-10-18-23,36-24-19-11-4-12-20-24)32-39(30-37,33-21-13-5-1-6-14-21)34-22-15-7-2-8-16-22/h1-20H,25-28H2. The summed E-state index contributed by atoms with van der Waals surface area (Å²) in [6.45, 7) is 0. The van der Waals surface area contributed by atoms with Gasteiger partial charge in [-0.2, -0.15) is 4.52 Å². The molecule has 0 aromatic heterocycles. The lowest BCUT2D eigenvalue weighted by atomic mass is 10.3. The van der Waals surface area contributed by atoms with Crippen molar-refractivity contribution in [3.05, 3.63) is 121 Å². The molecule has 8 N–H and O–H groups in total.